The molecule has 0 spiro atoms. The van der Waals surface area contributed by atoms with Crippen LogP contribution < -0.4 is 15.0 Å². The van der Waals surface area contributed by atoms with Gasteiger partial charge in [0.15, 0.2) is 0 Å². The lowest BCUT2D eigenvalue weighted by atomic mass is 9.83. The molecule has 2 heterocycles. The van der Waals surface area contributed by atoms with E-state index in [2.05, 4.69) is 39.4 Å². The highest BCUT2D eigenvalue weighted by Crippen LogP contribution is 2.38. The number of ether oxygens (including phenoxy) is 2. The Bertz CT molecular complexity index is 921. The van der Waals surface area contributed by atoms with Crippen LogP contribution in [0.5, 0.6) is 5.75 Å². The predicted molar refractivity (Wildman–Crippen MR) is 128 cm³/mol. The largest absolute Gasteiger partial charge is 0.497 e. The Morgan fingerprint density at radius 2 is 1.97 bits per heavy atom. The number of nitrogens with zero attached hydrogens (tertiary/aromatic N) is 2. The molecule has 1 N–H and O–H groups in total. The average Bonchev–Trinajstić information content (AvgIpc) is 2.82. The summed E-state index contributed by atoms with van der Waals surface area (Å²) in [6.45, 7) is 4.81. The van der Waals surface area contributed by atoms with Crippen molar-refractivity contribution < 1.29 is 14.3 Å². The van der Waals surface area contributed by atoms with Gasteiger partial charge in [0.2, 0.25) is 5.91 Å². The quantitative estimate of drug-likeness (QED) is 0.616. The number of piperazine rings is 1. The molecule has 2 aromatic rings. The maximum atomic E-state index is 13.2. The molecule has 2 atom stereocenters. The molecule has 2 aromatic carbocycles. The van der Waals surface area contributed by atoms with Crippen molar-refractivity contribution in [2.24, 2.45) is 5.92 Å². The lowest BCUT2D eigenvalue weighted by molar-refractivity contribution is -0.126. The van der Waals surface area contributed by atoms with Crippen LogP contribution in [-0.2, 0) is 22.5 Å². The van der Waals surface area contributed by atoms with Crippen molar-refractivity contribution in [3.05, 3.63) is 58.6 Å². The van der Waals surface area contributed by atoms with Gasteiger partial charge < -0.3 is 19.7 Å². The zero-order chi connectivity index (χ0) is 22.5. The summed E-state index contributed by atoms with van der Waals surface area (Å²) in [6.07, 6.45) is 1.56. The molecule has 1 amide bonds. The lowest BCUT2D eigenvalue weighted by Gasteiger charge is -2.49. The van der Waals surface area contributed by atoms with Crippen LogP contribution in [0.2, 0.25) is 5.02 Å². The van der Waals surface area contributed by atoms with E-state index >= 15 is 0 Å². The minimum Gasteiger partial charge on any atom is -0.497 e. The molecule has 0 aliphatic carbocycles. The van der Waals surface area contributed by atoms with Crippen molar-refractivity contribution in [3.63, 3.8) is 0 Å². The Kier molecular flexibility index (Phi) is 7.55. The maximum Gasteiger partial charge on any atom is 0.225 e. The number of hydrogen-bond acceptors (Lipinski definition) is 5. The number of nitrogens with one attached hydrogen (secondary N) is 1. The summed E-state index contributed by atoms with van der Waals surface area (Å²) in [5.41, 5.74) is 3.65. The number of rotatable bonds is 8. The van der Waals surface area contributed by atoms with Gasteiger partial charge in [-0.3, -0.25) is 9.69 Å². The fourth-order valence-electron chi connectivity index (χ4n) is 4.81. The third-order valence-corrected chi connectivity index (χ3v) is 6.74. The number of halogens is 1. The molecule has 4 rings (SSSR count). The van der Waals surface area contributed by atoms with Gasteiger partial charge in [0.05, 0.1) is 19.1 Å². The van der Waals surface area contributed by atoms with E-state index in [0.717, 1.165) is 49.8 Å². The molecule has 2 aliphatic rings. The molecule has 0 bridgehead atoms. The van der Waals surface area contributed by atoms with Crippen LogP contribution in [0.1, 0.15) is 17.5 Å². The van der Waals surface area contributed by atoms with E-state index < -0.39 is 0 Å². The first-order valence-corrected chi connectivity index (χ1v) is 11.6. The van der Waals surface area contributed by atoms with Crippen LogP contribution >= 0.6 is 11.6 Å². The number of methoxy groups -OCH3 is 2. The molecule has 1 saturated heterocycles. The zero-order valence-corrected chi connectivity index (χ0v) is 19.6. The molecule has 6 nitrogen and oxygen atoms in total. The Morgan fingerprint density at radius 1 is 1.16 bits per heavy atom. The van der Waals surface area contributed by atoms with E-state index in [4.69, 9.17) is 21.1 Å². The number of carbonyl (C=O) groups is 1. The summed E-state index contributed by atoms with van der Waals surface area (Å²) in [4.78, 5) is 18.1. The van der Waals surface area contributed by atoms with Gasteiger partial charge >= 0.3 is 0 Å². The molecule has 172 valence electrons. The predicted octanol–water partition coefficient (Wildman–Crippen LogP) is 3.36. The summed E-state index contributed by atoms with van der Waals surface area (Å²) in [6, 6.07) is 14.4. The fraction of sp³-hybridized carbons (Fsp3) is 0.480. The molecule has 0 saturated carbocycles. The van der Waals surface area contributed by atoms with Gasteiger partial charge in [0.1, 0.15) is 5.75 Å². The highest BCUT2D eigenvalue weighted by Gasteiger charge is 2.41. The second-order valence-electron chi connectivity index (χ2n) is 8.56. The van der Waals surface area contributed by atoms with Crippen LogP contribution in [-0.4, -0.2) is 63.9 Å². The normalized spacial score (nSPS) is 20.4. The van der Waals surface area contributed by atoms with E-state index in [0.29, 0.717) is 13.2 Å². The standard InChI is InChI=1S/C25H32ClN3O3/c1-31-13-3-10-27-25(30)22-14-19-6-9-21(32-2)15-23(19)29-12-11-28(17-24(22)29)16-18-4-7-20(26)8-5-18/h4-9,15,22,24H,3,10-14,16-17H2,1-2H3,(H,27,30)/t22-,24-/m0/s1. The van der Waals surface area contributed by atoms with Gasteiger partial charge in [0, 0.05) is 63.2 Å². The average molecular weight is 458 g/mol. The van der Waals surface area contributed by atoms with Gasteiger partial charge in [-0.15, -0.1) is 0 Å². The van der Waals surface area contributed by atoms with Crippen molar-refractivity contribution in [1.82, 2.24) is 10.2 Å². The molecular formula is C25H32ClN3O3. The highest BCUT2D eigenvalue weighted by molar-refractivity contribution is 6.30. The first-order valence-electron chi connectivity index (χ1n) is 11.3. The Morgan fingerprint density at radius 3 is 2.72 bits per heavy atom. The number of hydrogen-bond donors (Lipinski definition) is 1. The smallest absolute Gasteiger partial charge is 0.225 e. The van der Waals surface area contributed by atoms with Gasteiger partial charge in [0.25, 0.3) is 0 Å². The van der Waals surface area contributed by atoms with Crippen LogP contribution in [0, 0.1) is 5.92 Å². The van der Waals surface area contributed by atoms with E-state index in [1.807, 2.05) is 18.2 Å². The third-order valence-electron chi connectivity index (χ3n) is 6.49. The lowest BCUT2D eigenvalue weighted by Crippen LogP contribution is -2.60. The molecule has 32 heavy (non-hydrogen) atoms. The Balaban J connectivity index is 1.53. The van der Waals surface area contributed by atoms with Crippen molar-refractivity contribution in [2.75, 3.05) is 51.9 Å². The first kappa shape index (κ1) is 22.9. The first-order chi connectivity index (χ1) is 15.6. The Hall–Kier alpha value is -2.28. The summed E-state index contributed by atoms with van der Waals surface area (Å²) < 4.78 is 10.6. The summed E-state index contributed by atoms with van der Waals surface area (Å²) in [5.74, 6) is 0.894. The third kappa shape index (κ3) is 5.20. The van der Waals surface area contributed by atoms with Gasteiger partial charge in [-0.05, 0) is 42.2 Å². The van der Waals surface area contributed by atoms with Crippen molar-refractivity contribution in [2.45, 2.75) is 25.4 Å². The number of amides is 1. The Labute approximate surface area is 195 Å². The molecule has 2 aliphatic heterocycles. The summed E-state index contributed by atoms with van der Waals surface area (Å²) in [5, 5.41) is 3.89. The second-order valence-corrected chi connectivity index (χ2v) is 9.00. The van der Waals surface area contributed by atoms with E-state index in [1.54, 1.807) is 14.2 Å². The van der Waals surface area contributed by atoms with Crippen LogP contribution in [0.3, 0.4) is 0 Å². The van der Waals surface area contributed by atoms with E-state index in [9.17, 15) is 4.79 Å². The molecule has 1 fully saturated rings. The van der Waals surface area contributed by atoms with E-state index in [1.165, 1.54) is 16.8 Å². The number of carbonyl (C=O) groups excluding carboxylic acids is 1. The minimum absolute atomic E-state index is 0.0912. The van der Waals surface area contributed by atoms with Crippen LogP contribution in [0.15, 0.2) is 42.5 Å². The SMILES string of the molecule is COCCCNC(=O)[C@H]1Cc2ccc(OC)cc2N2CCN(Cc3ccc(Cl)cc3)C[C@@H]12. The number of benzene rings is 2. The van der Waals surface area contributed by atoms with Gasteiger partial charge in [-0.25, -0.2) is 0 Å². The van der Waals surface area contributed by atoms with Gasteiger partial charge in [-0.2, -0.15) is 0 Å². The summed E-state index contributed by atoms with van der Waals surface area (Å²) >= 11 is 6.05. The van der Waals surface area contributed by atoms with Crippen molar-refractivity contribution in [1.29, 1.82) is 0 Å². The molecule has 7 heteroatoms. The van der Waals surface area contributed by atoms with E-state index in [-0.39, 0.29) is 17.9 Å². The van der Waals surface area contributed by atoms with Crippen molar-refractivity contribution >= 4 is 23.2 Å². The second kappa shape index (κ2) is 10.6. The van der Waals surface area contributed by atoms with Crippen molar-refractivity contribution in [3.8, 4) is 5.75 Å². The number of fused-ring (bicyclic) bond motifs is 3. The molecular weight excluding hydrogens is 426 g/mol. The van der Waals surface area contributed by atoms with Gasteiger partial charge in [-0.1, -0.05) is 29.8 Å². The topological polar surface area (TPSA) is 54.0 Å². The fourth-order valence-corrected chi connectivity index (χ4v) is 4.94. The molecule has 0 unspecified atom stereocenters. The monoisotopic (exact) mass is 457 g/mol. The van der Waals surface area contributed by atoms with Crippen LogP contribution in [0.25, 0.3) is 0 Å². The summed E-state index contributed by atoms with van der Waals surface area (Å²) in [7, 11) is 3.38. The molecule has 0 radical (unpaired) electrons. The van der Waals surface area contributed by atoms with Crippen LogP contribution in [0.4, 0.5) is 5.69 Å². The molecule has 0 aromatic heterocycles. The maximum absolute atomic E-state index is 13.2. The minimum atomic E-state index is -0.0912. The zero-order valence-electron chi connectivity index (χ0n) is 18.9. The number of anilines is 1. The highest BCUT2D eigenvalue weighted by atomic mass is 35.5.